The summed E-state index contributed by atoms with van der Waals surface area (Å²) in [5.74, 6) is -2.31. The number of nitrogens with one attached hydrogen (secondary N) is 1. The summed E-state index contributed by atoms with van der Waals surface area (Å²) in [4.78, 5) is 38.5. The van der Waals surface area contributed by atoms with Crippen LogP contribution in [0.4, 0.5) is 15.8 Å². The Balaban J connectivity index is 1.31. The van der Waals surface area contributed by atoms with E-state index in [0.29, 0.717) is 21.9 Å². The highest BCUT2D eigenvalue weighted by atomic mass is 32.1. The molecular formula is C23H21FN4O4S. The smallest absolute Gasteiger partial charge is 0.311 e. The summed E-state index contributed by atoms with van der Waals surface area (Å²) in [6, 6.07) is 11.9. The van der Waals surface area contributed by atoms with E-state index in [1.807, 2.05) is 19.1 Å². The molecule has 10 heteroatoms. The lowest BCUT2D eigenvalue weighted by molar-refractivity contribution is -0.149. The molecule has 1 fully saturated rings. The van der Waals surface area contributed by atoms with E-state index in [2.05, 4.69) is 15.5 Å². The number of hydrogen-bond acceptors (Lipinski definition) is 7. The summed E-state index contributed by atoms with van der Waals surface area (Å²) < 4.78 is 19.1. The zero-order chi connectivity index (χ0) is 23.5. The fourth-order valence-corrected chi connectivity index (χ4v) is 3.99. The molecule has 1 aromatic heterocycles. The number of hydrogen-bond donors (Lipinski definition) is 1. The van der Waals surface area contributed by atoms with Crippen LogP contribution in [0.25, 0.3) is 0 Å². The van der Waals surface area contributed by atoms with E-state index in [1.165, 1.54) is 11.0 Å². The number of anilines is 2. The van der Waals surface area contributed by atoms with Crippen molar-refractivity contribution < 1.29 is 23.5 Å². The second-order valence-corrected chi connectivity index (χ2v) is 8.83. The Kier molecular flexibility index (Phi) is 6.45. The zero-order valence-electron chi connectivity index (χ0n) is 18.0. The van der Waals surface area contributed by atoms with Crippen molar-refractivity contribution in [2.75, 3.05) is 16.8 Å². The molecule has 4 rings (SSSR count). The van der Waals surface area contributed by atoms with Gasteiger partial charge in [0.2, 0.25) is 10.9 Å². The summed E-state index contributed by atoms with van der Waals surface area (Å²) in [5.41, 5.74) is 2.60. The molecule has 1 aliphatic rings. The maximum atomic E-state index is 13.9. The van der Waals surface area contributed by atoms with E-state index in [0.717, 1.165) is 16.9 Å². The van der Waals surface area contributed by atoms with Gasteiger partial charge in [0.15, 0.2) is 5.01 Å². The predicted octanol–water partition coefficient (Wildman–Crippen LogP) is 3.64. The minimum absolute atomic E-state index is 0.0192. The molecule has 3 aromatic rings. The van der Waals surface area contributed by atoms with Crippen molar-refractivity contribution in [3.63, 3.8) is 0 Å². The van der Waals surface area contributed by atoms with Gasteiger partial charge in [-0.05, 0) is 43.7 Å². The van der Waals surface area contributed by atoms with Crippen LogP contribution in [-0.2, 0) is 20.9 Å². The first-order chi connectivity index (χ1) is 15.8. The van der Waals surface area contributed by atoms with E-state index < -0.39 is 23.6 Å². The quantitative estimate of drug-likeness (QED) is 0.555. The molecule has 0 aliphatic carbocycles. The Morgan fingerprint density at radius 2 is 1.94 bits per heavy atom. The minimum atomic E-state index is -0.668. The van der Waals surface area contributed by atoms with E-state index in [9.17, 15) is 18.8 Å². The van der Waals surface area contributed by atoms with E-state index in [1.54, 1.807) is 31.2 Å². The number of amides is 2. The number of esters is 1. The Labute approximate surface area is 193 Å². The molecule has 8 nitrogen and oxygen atoms in total. The van der Waals surface area contributed by atoms with Crippen molar-refractivity contribution in [1.29, 1.82) is 0 Å². The molecule has 0 spiro atoms. The van der Waals surface area contributed by atoms with Gasteiger partial charge in [-0.2, -0.15) is 0 Å². The van der Waals surface area contributed by atoms with Gasteiger partial charge in [0.1, 0.15) is 12.4 Å². The average Bonchev–Trinajstić information content (AvgIpc) is 3.42. The number of nitrogens with zero attached hydrogens (tertiary/aromatic N) is 3. The van der Waals surface area contributed by atoms with Crippen LogP contribution >= 0.6 is 11.3 Å². The molecule has 33 heavy (non-hydrogen) atoms. The van der Waals surface area contributed by atoms with Crippen LogP contribution in [0.5, 0.6) is 0 Å². The molecule has 0 saturated carbocycles. The van der Waals surface area contributed by atoms with Crippen molar-refractivity contribution in [3.05, 3.63) is 69.4 Å². The second kappa shape index (κ2) is 9.45. The molecule has 2 aromatic carbocycles. The van der Waals surface area contributed by atoms with E-state index in [4.69, 9.17) is 4.74 Å². The van der Waals surface area contributed by atoms with Gasteiger partial charge in [0.05, 0.1) is 5.92 Å². The maximum absolute atomic E-state index is 13.9. The number of aryl methyl sites for hydroxylation is 2. The third-order valence-corrected chi connectivity index (χ3v) is 6.13. The number of ether oxygens (including phenoxy) is 1. The lowest BCUT2D eigenvalue weighted by Gasteiger charge is -2.17. The van der Waals surface area contributed by atoms with Crippen LogP contribution in [0, 0.1) is 25.6 Å². The highest BCUT2D eigenvalue weighted by molar-refractivity contribution is 7.13. The molecular weight excluding hydrogens is 447 g/mol. The summed E-state index contributed by atoms with van der Waals surface area (Å²) in [5, 5.41) is 11.0. The van der Waals surface area contributed by atoms with Crippen molar-refractivity contribution in [2.45, 2.75) is 26.9 Å². The van der Waals surface area contributed by atoms with E-state index >= 15 is 0 Å². The first-order valence-corrected chi connectivity index (χ1v) is 11.1. The fraction of sp³-hybridized carbons (Fsp3) is 0.261. The van der Waals surface area contributed by atoms with Crippen LogP contribution < -0.4 is 10.2 Å². The molecule has 0 radical (unpaired) electrons. The largest absolute Gasteiger partial charge is 0.458 e. The summed E-state index contributed by atoms with van der Waals surface area (Å²) >= 11 is 1.02. The normalized spacial score (nSPS) is 15.5. The predicted molar refractivity (Wildman–Crippen MR) is 120 cm³/mol. The fourth-order valence-electron chi connectivity index (χ4n) is 3.34. The SMILES string of the molecule is Cc1ccc(NC(=O)c2nnc(COC(=O)[C@@H]3CC(=O)N(c4ccc(C)c(F)c4)C3)s2)cc1. The van der Waals surface area contributed by atoms with Gasteiger partial charge in [-0.3, -0.25) is 14.4 Å². The van der Waals surface area contributed by atoms with Gasteiger partial charge in [-0.15, -0.1) is 10.2 Å². The minimum Gasteiger partial charge on any atom is -0.458 e. The van der Waals surface area contributed by atoms with Gasteiger partial charge in [-0.25, -0.2) is 4.39 Å². The summed E-state index contributed by atoms with van der Waals surface area (Å²) in [6.07, 6.45) is -0.0192. The number of benzene rings is 2. The van der Waals surface area contributed by atoms with Gasteiger partial charge in [-0.1, -0.05) is 35.1 Å². The highest BCUT2D eigenvalue weighted by Crippen LogP contribution is 2.27. The number of carbonyl (C=O) groups is 3. The Morgan fingerprint density at radius 1 is 1.18 bits per heavy atom. The summed E-state index contributed by atoms with van der Waals surface area (Å²) in [6.45, 7) is 3.54. The highest BCUT2D eigenvalue weighted by Gasteiger charge is 2.36. The van der Waals surface area contributed by atoms with Gasteiger partial charge >= 0.3 is 5.97 Å². The van der Waals surface area contributed by atoms with Crippen LogP contribution in [0.3, 0.4) is 0 Å². The van der Waals surface area contributed by atoms with Gasteiger partial charge < -0.3 is 15.0 Å². The monoisotopic (exact) mass is 468 g/mol. The Bertz CT molecular complexity index is 1210. The van der Waals surface area contributed by atoms with Gasteiger partial charge in [0.25, 0.3) is 5.91 Å². The number of halogens is 1. The first kappa shape index (κ1) is 22.5. The average molecular weight is 469 g/mol. The van der Waals surface area contributed by atoms with Crippen LogP contribution in [0.15, 0.2) is 42.5 Å². The van der Waals surface area contributed by atoms with Crippen molar-refractivity contribution in [2.24, 2.45) is 5.92 Å². The molecule has 1 N–H and O–H groups in total. The number of rotatable bonds is 6. The van der Waals surface area contributed by atoms with Crippen LogP contribution in [-0.4, -0.2) is 34.5 Å². The lowest BCUT2D eigenvalue weighted by Crippen LogP contribution is -2.26. The van der Waals surface area contributed by atoms with Crippen LogP contribution in [0.2, 0.25) is 0 Å². The van der Waals surface area contributed by atoms with Gasteiger partial charge in [0, 0.05) is 24.3 Å². The van der Waals surface area contributed by atoms with Crippen LogP contribution in [0.1, 0.15) is 32.4 Å². The third kappa shape index (κ3) is 5.23. The number of aromatic nitrogens is 2. The molecule has 1 atom stereocenters. The topological polar surface area (TPSA) is 101 Å². The molecule has 170 valence electrons. The Hall–Kier alpha value is -3.66. The van der Waals surface area contributed by atoms with Crippen molar-refractivity contribution in [3.8, 4) is 0 Å². The molecule has 0 bridgehead atoms. The molecule has 2 amide bonds. The molecule has 0 unspecified atom stereocenters. The lowest BCUT2D eigenvalue weighted by atomic mass is 10.1. The standard InChI is InChI=1S/C23H21FN4O4S/c1-13-3-6-16(7-4-13)25-21(30)22-27-26-19(33-22)12-32-23(31)15-9-20(29)28(11-15)17-8-5-14(2)18(24)10-17/h3-8,10,15H,9,11-12H2,1-2H3,(H,25,30)/t15-/m1/s1. The van der Waals surface area contributed by atoms with E-state index in [-0.39, 0.29) is 30.5 Å². The number of carbonyl (C=O) groups excluding carboxylic acids is 3. The molecule has 1 saturated heterocycles. The van der Waals surface area contributed by atoms with Crippen molar-refractivity contribution >= 4 is 40.5 Å². The second-order valence-electron chi connectivity index (χ2n) is 7.77. The summed E-state index contributed by atoms with van der Waals surface area (Å²) in [7, 11) is 0. The first-order valence-electron chi connectivity index (χ1n) is 10.2. The molecule has 1 aliphatic heterocycles. The Morgan fingerprint density at radius 3 is 2.67 bits per heavy atom. The van der Waals surface area contributed by atoms with Crippen molar-refractivity contribution in [1.82, 2.24) is 10.2 Å². The third-order valence-electron chi connectivity index (χ3n) is 5.23. The molecule has 2 heterocycles. The maximum Gasteiger partial charge on any atom is 0.311 e. The zero-order valence-corrected chi connectivity index (χ0v) is 18.8.